The third kappa shape index (κ3) is 3.81. The highest BCUT2D eigenvalue weighted by atomic mass is 16.4. The lowest BCUT2D eigenvalue weighted by atomic mass is 10.2. The van der Waals surface area contributed by atoms with Crippen LogP contribution in [-0.4, -0.2) is 69.5 Å². The van der Waals surface area contributed by atoms with Crippen molar-refractivity contribution in [2.24, 2.45) is 0 Å². The molecule has 1 aliphatic heterocycles. The van der Waals surface area contributed by atoms with Gasteiger partial charge in [-0.2, -0.15) is 0 Å². The number of anilines is 1. The maximum absolute atomic E-state index is 9.08. The van der Waals surface area contributed by atoms with Crippen molar-refractivity contribution in [3.63, 3.8) is 0 Å². The number of benzene rings is 1. The van der Waals surface area contributed by atoms with E-state index < -0.39 is 0 Å². The van der Waals surface area contributed by atoms with Crippen LogP contribution in [0.3, 0.4) is 0 Å². The molecule has 8 nitrogen and oxygen atoms in total. The van der Waals surface area contributed by atoms with E-state index >= 15 is 0 Å². The second-order valence-electron chi connectivity index (χ2n) is 6.49. The van der Waals surface area contributed by atoms with Gasteiger partial charge in [-0.05, 0) is 19.1 Å². The molecule has 140 valence electrons. The molecule has 0 bridgehead atoms. The number of aryl methyl sites for hydroxylation is 1. The van der Waals surface area contributed by atoms with E-state index in [-0.39, 0.29) is 6.61 Å². The number of aromatic nitrogens is 4. The summed E-state index contributed by atoms with van der Waals surface area (Å²) in [4.78, 5) is 13.7. The fourth-order valence-corrected chi connectivity index (χ4v) is 3.15. The molecule has 3 heterocycles. The maximum Gasteiger partial charge on any atom is 0.268 e. The van der Waals surface area contributed by atoms with Crippen LogP contribution in [0.15, 0.2) is 40.9 Å². The summed E-state index contributed by atoms with van der Waals surface area (Å²) in [6.45, 7) is 6.26. The number of aliphatic hydroxyl groups is 1. The Balaban J connectivity index is 1.56. The number of rotatable bonds is 5. The van der Waals surface area contributed by atoms with Crippen molar-refractivity contribution in [3.05, 3.63) is 42.2 Å². The Morgan fingerprint density at radius 2 is 1.78 bits per heavy atom. The number of hydrogen-bond donors (Lipinski definition) is 1. The van der Waals surface area contributed by atoms with Crippen molar-refractivity contribution in [1.29, 1.82) is 0 Å². The highest BCUT2D eigenvalue weighted by Crippen LogP contribution is 2.26. The average molecular weight is 366 g/mol. The van der Waals surface area contributed by atoms with Gasteiger partial charge in [0.05, 0.1) is 18.5 Å². The standard InChI is InChI=1S/C19H22N6O2/c1-14-17(19-23-22-18(27-19)15-5-3-2-4-6-15)21-16(13-20-14)25-9-7-24(8-10-25)11-12-26/h2-6,13,26H,7-12H2,1H3. The highest BCUT2D eigenvalue weighted by Gasteiger charge is 2.21. The molecule has 0 amide bonds. The largest absolute Gasteiger partial charge is 0.415 e. The number of hydrogen-bond acceptors (Lipinski definition) is 8. The van der Waals surface area contributed by atoms with Gasteiger partial charge in [-0.15, -0.1) is 10.2 Å². The molecular formula is C19H22N6O2. The number of β-amino-alcohol motifs (C(OH)–C–C–N with tert-alkyl or cyclic N) is 1. The number of piperazine rings is 1. The van der Waals surface area contributed by atoms with E-state index in [9.17, 15) is 0 Å². The summed E-state index contributed by atoms with van der Waals surface area (Å²) in [6.07, 6.45) is 1.79. The van der Waals surface area contributed by atoms with E-state index in [0.29, 0.717) is 24.0 Å². The summed E-state index contributed by atoms with van der Waals surface area (Å²) in [5.74, 6) is 1.65. The molecule has 8 heteroatoms. The van der Waals surface area contributed by atoms with Crippen molar-refractivity contribution in [1.82, 2.24) is 25.1 Å². The Kier molecular flexibility index (Phi) is 5.08. The van der Waals surface area contributed by atoms with Crippen LogP contribution in [-0.2, 0) is 0 Å². The van der Waals surface area contributed by atoms with E-state index in [2.05, 4.69) is 25.0 Å². The first-order valence-electron chi connectivity index (χ1n) is 9.05. The zero-order chi connectivity index (χ0) is 18.6. The third-order valence-electron chi connectivity index (χ3n) is 4.70. The van der Waals surface area contributed by atoms with Gasteiger partial charge in [-0.3, -0.25) is 9.88 Å². The fraction of sp³-hybridized carbons (Fsp3) is 0.368. The third-order valence-corrected chi connectivity index (χ3v) is 4.70. The number of nitrogens with zero attached hydrogens (tertiary/aromatic N) is 6. The second-order valence-corrected chi connectivity index (χ2v) is 6.49. The van der Waals surface area contributed by atoms with Crippen LogP contribution in [0, 0.1) is 6.92 Å². The molecule has 0 spiro atoms. The molecule has 1 N–H and O–H groups in total. The van der Waals surface area contributed by atoms with Gasteiger partial charge in [0.1, 0.15) is 5.82 Å². The maximum atomic E-state index is 9.08. The van der Waals surface area contributed by atoms with Gasteiger partial charge in [0.2, 0.25) is 5.89 Å². The first-order valence-corrected chi connectivity index (χ1v) is 9.05. The average Bonchev–Trinajstić information content (AvgIpc) is 3.20. The fourth-order valence-electron chi connectivity index (χ4n) is 3.15. The predicted octanol–water partition coefficient (Wildman–Crippen LogP) is 1.62. The SMILES string of the molecule is Cc1ncc(N2CCN(CCO)CC2)nc1-c1nnc(-c2ccccc2)o1. The van der Waals surface area contributed by atoms with Crippen LogP contribution in [0.1, 0.15) is 5.69 Å². The van der Waals surface area contributed by atoms with Crippen LogP contribution in [0.4, 0.5) is 5.82 Å². The molecule has 27 heavy (non-hydrogen) atoms. The quantitative estimate of drug-likeness (QED) is 0.728. The molecule has 1 aliphatic rings. The van der Waals surface area contributed by atoms with E-state index in [1.165, 1.54) is 0 Å². The Labute approximate surface area is 157 Å². The van der Waals surface area contributed by atoms with E-state index in [1.54, 1.807) is 6.20 Å². The van der Waals surface area contributed by atoms with Gasteiger partial charge in [-0.1, -0.05) is 18.2 Å². The van der Waals surface area contributed by atoms with Gasteiger partial charge in [0, 0.05) is 38.3 Å². The lowest BCUT2D eigenvalue weighted by molar-refractivity contribution is 0.188. The molecule has 1 aromatic carbocycles. The smallest absolute Gasteiger partial charge is 0.268 e. The van der Waals surface area contributed by atoms with Crippen molar-refractivity contribution in [2.45, 2.75) is 6.92 Å². The molecule has 0 saturated carbocycles. The Morgan fingerprint density at radius 3 is 2.52 bits per heavy atom. The van der Waals surface area contributed by atoms with Crippen molar-refractivity contribution < 1.29 is 9.52 Å². The minimum Gasteiger partial charge on any atom is -0.415 e. The highest BCUT2D eigenvalue weighted by molar-refractivity contribution is 5.58. The van der Waals surface area contributed by atoms with Crippen molar-refractivity contribution >= 4 is 5.82 Å². The predicted molar refractivity (Wildman–Crippen MR) is 101 cm³/mol. The molecule has 1 saturated heterocycles. The molecule has 1 fully saturated rings. The molecule has 0 radical (unpaired) electrons. The Hall–Kier alpha value is -2.84. The Bertz CT molecular complexity index is 890. The zero-order valence-corrected chi connectivity index (χ0v) is 15.2. The monoisotopic (exact) mass is 366 g/mol. The molecule has 4 rings (SSSR count). The van der Waals surface area contributed by atoms with Crippen molar-refractivity contribution in [2.75, 3.05) is 44.2 Å². The molecule has 2 aromatic heterocycles. The summed E-state index contributed by atoms with van der Waals surface area (Å²) in [5, 5.41) is 17.4. The lowest BCUT2D eigenvalue weighted by Gasteiger charge is -2.34. The van der Waals surface area contributed by atoms with Crippen LogP contribution in [0.5, 0.6) is 0 Å². The summed E-state index contributed by atoms with van der Waals surface area (Å²) >= 11 is 0. The zero-order valence-electron chi connectivity index (χ0n) is 15.2. The van der Waals surface area contributed by atoms with Crippen molar-refractivity contribution in [3.8, 4) is 23.0 Å². The molecular weight excluding hydrogens is 344 g/mol. The van der Waals surface area contributed by atoms with E-state index in [1.807, 2.05) is 37.3 Å². The van der Waals surface area contributed by atoms with Gasteiger partial charge in [0.15, 0.2) is 5.69 Å². The first kappa shape index (κ1) is 17.6. The minimum absolute atomic E-state index is 0.190. The number of aliphatic hydroxyl groups excluding tert-OH is 1. The van der Waals surface area contributed by atoms with Crippen LogP contribution in [0.2, 0.25) is 0 Å². The van der Waals surface area contributed by atoms with E-state index in [0.717, 1.165) is 43.3 Å². The molecule has 3 aromatic rings. The second kappa shape index (κ2) is 7.81. The minimum atomic E-state index is 0.190. The van der Waals surface area contributed by atoms with Gasteiger partial charge in [0.25, 0.3) is 5.89 Å². The summed E-state index contributed by atoms with van der Waals surface area (Å²) < 4.78 is 5.85. The van der Waals surface area contributed by atoms with Gasteiger partial charge >= 0.3 is 0 Å². The van der Waals surface area contributed by atoms with Gasteiger partial charge in [-0.25, -0.2) is 4.98 Å². The summed E-state index contributed by atoms with van der Waals surface area (Å²) in [5.41, 5.74) is 2.24. The van der Waals surface area contributed by atoms with Crippen LogP contribution in [0.25, 0.3) is 23.0 Å². The van der Waals surface area contributed by atoms with Crippen LogP contribution < -0.4 is 4.90 Å². The molecule has 0 atom stereocenters. The molecule has 0 unspecified atom stereocenters. The van der Waals surface area contributed by atoms with E-state index in [4.69, 9.17) is 14.5 Å². The topological polar surface area (TPSA) is 91.4 Å². The Morgan fingerprint density at radius 1 is 1.04 bits per heavy atom. The normalized spacial score (nSPS) is 15.3. The summed E-state index contributed by atoms with van der Waals surface area (Å²) in [7, 11) is 0. The lowest BCUT2D eigenvalue weighted by Crippen LogP contribution is -2.47. The molecule has 0 aliphatic carbocycles. The van der Waals surface area contributed by atoms with Gasteiger partial charge < -0.3 is 14.4 Å². The summed E-state index contributed by atoms with van der Waals surface area (Å²) in [6, 6.07) is 9.67. The van der Waals surface area contributed by atoms with Crippen LogP contribution >= 0.6 is 0 Å². The first-order chi connectivity index (χ1) is 13.2.